The Labute approximate surface area is 99.6 Å². The molecular formula is C12H16N2O3. The van der Waals surface area contributed by atoms with Gasteiger partial charge in [-0.15, -0.1) is 0 Å². The van der Waals surface area contributed by atoms with Crippen LogP contribution in [0, 0.1) is 0 Å². The van der Waals surface area contributed by atoms with Crippen molar-refractivity contribution in [2.75, 3.05) is 0 Å². The van der Waals surface area contributed by atoms with Gasteiger partial charge in [0.1, 0.15) is 0 Å². The van der Waals surface area contributed by atoms with E-state index in [1.54, 1.807) is 37.3 Å². The molecule has 0 heterocycles. The maximum atomic E-state index is 11.6. The molecule has 0 saturated carbocycles. The third-order valence-electron chi connectivity index (χ3n) is 2.44. The molecule has 0 spiro atoms. The number of nitrogens with one attached hydrogen (secondary N) is 1. The van der Waals surface area contributed by atoms with Crippen LogP contribution < -0.4 is 11.1 Å². The Kier molecular flexibility index (Phi) is 4.66. The number of hydrogen-bond acceptors (Lipinski definition) is 3. The second-order valence-corrected chi connectivity index (χ2v) is 3.71. The summed E-state index contributed by atoms with van der Waals surface area (Å²) in [5.74, 6) is -1.56. The molecule has 0 aromatic heterocycles. The molecule has 0 aliphatic carbocycles. The van der Waals surface area contributed by atoms with E-state index in [9.17, 15) is 9.59 Å². The van der Waals surface area contributed by atoms with Crippen molar-refractivity contribution in [2.45, 2.75) is 25.4 Å². The van der Waals surface area contributed by atoms with Crippen LogP contribution >= 0.6 is 0 Å². The summed E-state index contributed by atoms with van der Waals surface area (Å²) in [5, 5.41) is 11.5. The van der Waals surface area contributed by atoms with Crippen LogP contribution in [0.4, 0.5) is 0 Å². The number of carboxylic acids is 1. The Hall–Kier alpha value is -1.88. The highest BCUT2D eigenvalue weighted by atomic mass is 16.4. The minimum absolute atomic E-state index is 0.455. The number of benzene rings is 1. The van der Waals surface area contributed by atoms with Gasteiger partial charge in [-0.2, -0.15) is 0 Å². The molecule has 0 fully saturated rings. The van der Waals surface area contributed by atoms with Gasteiger partial charge < -0.3 is 16.2 Å². The van der Waals surface area contributed by atoms with Crippen LogP contribution in [0.2, 0.25) is 0 Å². The Morgan fingerprint density at radius 3 is 2.41 bits per heavy atom. The lowest BCUT2D eigenvalue weighted by Gasteiger charge is -2.17. The summed E-state index contributed by atoms with van der Waals surface area (Å²) < 4.78 is 0. The largest absolute Gasteiger partial charge is 0.479 e. The van der Waals surface area contributed by atoms with Crippen molar-refractivity contribution < 1.29 is 14.7 Å². The molecule has 0 bridgehead atoms. The fraction of sp³-hybridized carbons (Fsp3) is 0.333. The number of aliphatic carboxylic acids is 1. The Morgan fingerprint density at radius 1 is 1.35 bits per heavy atom. The highest BCUT2D eigenvalue weighted by molar-refractivity contribution is 5.87. The molecule has 2 atom stereocenters. The van der Waals surface area contributed by atoms with Gasteiger partial charge >= 0.3 is 5.97 Å². The van der Waals surface area contributed by atoms with E-state index in [1.807, 2.05) is 0 Å². The minimum Gasteiger partial charge on any atom is -0.479 e. The molecule has 0 aliphatic rings. The molecule has 1 amide bonds. The first kappa shape index (κ1) is 13.2. The van der Waals surface area contributed by atoms with Crippen LogP contribution in [0.1, 0.15) is 24.9 Å². The third-order valence-corrected chi connectivity index (χ3v) is 2.44. The molecule has 1 aromatic rings. The molecule has 92 valence electrons. The molecule has 1 rings (SSSR count). The standard InChI is InChI=1S/C12H16N2O3/c1-2-9(13)11(15)14-10(12(16)17)8-6-4-3-5-7-8/h3-7,9-10H,2,13H2,1H3,(H,14,15)(H,16,17)/t9?,10-/m0/s1. The fourth-order valence-corrected chi connectivity index (χ4v) is 1.37. The molecule has 1 unspecified atom stereocenters. The first-order valence-corrected chi connectivity index (χ1v) is 5.40. The zero-order valence-corrected chi connectivity index (χ0v) is 9.59. The quantitative estimate of drug-likeness (QED) is 0.700. The Morgan fingerprint density at radius 2 is 1.94 bits per heavy atom. The number of rotatable bonds is 5. The Bertz CT molecular complexity index is 392. The number of hydrogen-bond donors (Lipinski definition) is 3. The van der Waals surface area contributed by atoms with Crippen LogP contribution in [-0.4, -0.2) is 23.0 Å². The molecule has 5 nitrogen and oxygen atoms in total. The van der Waals surface area contributed by atoms with Crippen LogP contribution in [0.5, 0.6) is 0 Å². The molecule has 5 heteroatoms. The monoisotopic (exact) mass is 236 g/mol. The number of carboxylic acid groups (broad SMARTS) is 1. The molecule has 0 aliphatic heterocycles. The Balaban J connectivity index is 2.82. The second-order valence-electron chi connectivity index (χ2n) is 3.71. The molecular weight excluding hydrogens is 220 g/mol. The van der Waals surface area contributed by atoms with E-state index in [-0.39, 0.29) is 0 Å². The number of carbonyl (C=O) groups is 2. The second kappa shape index (κ2) is 6.00. The van der Waals surface area contributed by atoms with E-state index in [1.165, 1.54) is 0 Å². The highest BCUT2D eigenvalue weighted by Crippen LogP contribution is 2.12. The lowest BCUT2D eigenvalue weighted by Crippen LogP contribution is -2.43. The van der Waals surface area contributed by atoms with Crippen LogP contribution in [0.15, 0.2) is 30.3 Å². The molecule has 1 aromatic carbocycles. The lowest BCUT2D eigenvalue weighted by molar-refractivity contribution is -0.142. The molecule has 17 heavy (non-hydrogen) atoms. The van der Waals surface area contributed by atoms with Crippen molar-refractivity contribution in [1.29, 1.82) is 0 Å². The topological polar surface area (TPSA) is 92.4 Å². The van der Waals surface area contributed by atoms with Crippen LogP contribution in [0.25, 0.3) is 0 Å². The van der Waals surface area contributed by atoms with Gasteiger partial charge in [-0.3, -0.25) is 4.79 Å². The maximum Gasteiger partial charge on any atom is 0.330 e. The smallest absolute Gasteiger partial charge is 0.330 e. The maximum absolute atomic E-state index is 11.6. The minimum atomic E-state index is -1.10. The first-order valence-electron chi connectivity index (χ1n) is 5.40. The van der Waals surface area contributed by atoms with Crippen molar-refractivity contribution in [1.82, 2.24) is 5.32 Å². The van der Waals surface area contributed by atoms with Crippen molar-refractivity contribution >= 4 is 11.9 Å². The summed E-state index contributed by atoms with van der Waals surface area (Å²) in [4.78, 5) is 22.7. The van der Waals surface area contributed by atoms with E-state index in [0.29, 0.717) is 12.0 Å². The zero-order valence-electron chi connectivity index (χ0n) is 9.59. The number of carbonyl (C=O) groups excluding carboxylic acids is 1. The van der Waals surface area contributed by atoms with Gasteiger partial charge in [0.05, 0.1) is 6.04 Å². The summed E-state index contributed by atoms with van der Waals surface area (Å²) in [5.41, 5.74) is 6.06. The summed E-state index contributed by atoms with van der Waals surface area (Å²) in [6.07, 6.45) is 0.465. The van der Waals surface area contributed by atoms with Gasteiger partial charge in [0, 0.05) is 0 Å². The first-order chi connectivity index (χ1) is 8.06. The van der Waals surface area contributed by atoms with Crippen LogP contribution in [-0.2, 0) is 9.59 Å². The van der Waals surface area contributed by atoms with Crippen molar-refractivity contribution in [3.05, 3.63) is 35.9 Å². The third kappa shape index (κ3) is 3.57. The lowest BCUT2D eigenvalue weighted by atomic mass is 10.1. The summed E-state index contributed by atoms with van der Waals surface area (Å²) in [7, 11) is 0. The van der Waals surface area contributed by atoms with Gasteiger partial charge in [0.15, 0.2) is 6.04 Å². The molecule has 4 N–H and O–H groups in total. The van der Waals surface area contributed by atoms with Crippen molar-refractivity contribution in [3.63, 3.8) is 0 Å². The van der Waals surface area contributed by atoms with Crippen molar-refractivity contribution in [2.24, 2.45) is 5.73 Å². The normalized spacial score (nSPS) is 13.8. The van der Waals surface area contributed by atoms with Gasteiger partial charge in [0.25, 0.3) is 0 Å². The number of nitrogens with two attached hydrogens (primary N) is 1. The number of amides is 1. The van der Waals surface area contributed by atoms with Crippen molar-refractivity contribution in [3.8, 4) is 0 Å². The summed E-state index contributed by atoms with van der Waals surface area (Å²) in [6.45, 7) is 1.77. The summed E-state index contributed by atoms with van der Waals surface area (Å²) in [6, 6.07) is 6.78. The SMILES string of the molecule is CCC(N)C(=O)N[C@H](C(=O)O)c1ccccc1. The average Bonchev–Trinajstić information content (AvgIpc) is 2.35. The van der Waals surface area contributed by atoms with E-state index < -0.39 is 24.0 Å². The van der Waals surface area contributed by atoms with Crippen LogP contribution in [0.3, 0.4) is 0 Å². The summed E-state index contributed by atoms with van der Waals surface area (Å²) >= 11 is 0. The van der Waals surface area contributed by atoms with Gasteiger partial charge in [-0.1, -0.05) is 37.3 Å². The van der Waals surface area contributed by atoms with E-state index >= 15 is 0 Å². The van der Waals surface area contributed by atoms with Gasteiger partial charge in [-0.05, 0) is 12.0 Å². The van der Waals surface area contributed by atoms with E-state index in [2.05, 4.69) is 5.32 Å². The molecule has 0 saturated heterocycles. The van der Waals surface area contributed by atoms with Gasteiger partial charge in [0.2, 0.25) is 5.91 Å². The fourth-order valence-electron chi connectivity index (χ4n) is 1.37. The average molecular weight is 236 g/mol. The van der Waals surface area contributed by atoms with E-state index in [0.717, 1.165) is 0 Å². The predicted molar refractivity (Wildman–Crippen MR) is 63.2 cm³/mol. The van der Waals surface area contributed by atoms with Gasteiger partial charge in [-0.25, -0.2) is 4.79 Å². The van der Waals surface area contributed by atoms with E-state index in [4.69, 9.17) is 10.8 Å². The predicted octanol–water partition coefficient (Wildman–Crippen LogP) is 0.666. The molecule has 0 radical (unpaired) electrons. The zero-order chi connectivity index (χ0) is 12.8. The highest BCUT2D eigenvalue weighted by Gasteiger charge is 2.23.